The summed E-state index contributed by atoms with van der Waals surface area (Å²) >= 11 is 0. The molecule has 1 fully saturated rings. The zero-order chi connectivity index (χ0) is 17.4. The Morgan fingerprint density at radius 3 is 2.56 bits per heavy atom. The van der Waals surface area contributed by atoms with Crippen LogP contribution < -0.4 is 0 Å². The van der Waals surface area contributed by atoms with Gasteiger partial charge < -0.3 is 14.4 Å². The van der Waals surface area contributed by atoms with E-state index in [1.54, 1.807) is 0 Å². The average molecular weight is 339 g/mol. The third-order valence-corrected chi connectivity index (χ3v) is 5.48. The van der Waals surface area contributed by atoms with E-state index in [4.69, 9.17) is 0 Å². The summed E-state index contributed by atoms with van der Waals surface area (Å²) in [5.74, 6) is 2.49. The quantitative estimate of drug-likeness (QED) is 0.860. The molecule has 1 aromatic heterocycles. The van der Waals surface area contributed by atoms with E-state index in [1.165, 1.54) is 0 Å². The van der Waals surface area contributed by atoms with Gasteiger partial charge in [-0.2, -0.15) is 0 Å². The molecule has 2 aliphatic heterocycles. The molecule has 132 valence electrons. The van der Waals surface area contributed by atoms with Crippen LogP contribution in [0.5, 0.6) is 0 Å². The Balaban J connectivity index is 1.57. The Morgan fingerprint density at radius 2 is 1.84 bits per heavy atom. The summed E-state index contributed by atoms with van der Waals surface area (Å²) in [4.78, 5) is 17.2. The summed E-state index contributed by atoms with van der Waals surface area (Å²) in [6.45, 7) is 5.30. The molecule has 6 heteroatoms. The van der Waals surface area contributed by atoms with Gasteiger partial charge in [0.25, 0.3) is 0 Å². The second-order valence-electron chi connectivity index (χ2n) is 7.28. The van der Waals surface area contributed by atoms with E-state index < -0.39 is 0 Å². The van der Waals surface area contributed by atoms with Crippen molar-refractivity contribution in [2.24, 2.45) is 0 Å². The van der Waals surface area contributed by atoms with Crippen molar-refractivity contribution in [3.63, 3.8) is 0 Å². The summed E-state index contributed by atoms with van der Waals surface area (Å²) in [7, 11) is 2.16. The first-order chi connectivity index (χ1) is 12.1. The van der Waals surface area contributed by atoms with Crippen molar-refractivity contribution in [2.75, 3.05) is 20.1 Å². The lowest BCUT2D eigenvalue weighted by molar-refractivity contribution is -0.137. The molecule has 1 atom stereocenters. The fourth-order valence-corrected chi connectivity index (χ4v) is 3.97. The molecule has 1 amide bonds. The van der Waals surface area contributed by atoms with Crippen molar-refractivity contribution < 1.29 is 4.79 Å². The maximum Gasteiger partial charge on any atom is 0.246 e. The standard InChI is InChI=1S/C19H25N5O/c1-14-19(25)23(12-15-6-4-3-5-7-15)13-17-20-21-18(24(14)17)16-8-10-22(2)11-9-16/h3-7,14,16H,8-13H2,1-2H3/t14-/m1/s1. The minimum Gasteiger partial charge on any atom is -0.329 e. The van der Waals surface area contributed by atoms with Gasteiger partial charge in [-0.15, -0.1) is 10.2 Å². The number of piperidine rings is 1. The molecule has 0 unspecified atom stereocenters. The van der Waals surface area contributed by atoms with E-state index in [9.17, 15) is 4.79 Å². The number of likely N-dealkylation sites (tertiary alicyclic amines) is 1. The Hall–Kier alpha value is -2.21. The number of carbonyl (C=O) groups excluding carboxylic acids is 1. The monoisotopic (exact) mass is 339 g/mol. The molecule has 2 aromatic rings. The summed E-state index contributed by atoms with van der Waals surface area (Å²) in [5.41, 5.74) is 1.14. The number of fused-ring (bicyclic) bond motifs is 1. The highest BCUT2D eigenvalue weighted by molar-refractivity contribution is 5.81. The molecular formula is C19H25N5O. The minimum absolute atomic E-state index is 0.158. The molecule has 25 heavy (non-hydrogen) atoms. The number of carbonyl (C=O) groups is 1. The Labute approximate surface area is 148 Å². The molecule has 1 aromatic carbocycles. The van der Waals surface area contributed by atoms with Crippen molar-refractivity contribution in [3.8, 4) is 0 Å². The maximum atomic E-state index is 12.9. The number of amides is 1. The lowest BCUT2D eigenvalue weighted by atomic mass is 9.95. The van der Waals surface area contributed by atoms with Crippen molar-refractivity contribution in [2.45, 2.75) is 44.8 Å². The summed E-state index contributed by atoms with van der Waals surface area (Å²) in [5, 5.41) is 8.92. The van der Waals surface area contributed by atoms with Crippen LogP contribution in [0.15, 0.2) is 30.3 Å². The third-order valence-electron chi connectivity index (χ3n) is 5.48. The van der Waals surface area contributed by atoms with Crippen LogP contribution in [0, 0.1) is 0 Å². The highest BCUT2D eigenvalue weighted by atomic mass is 16.2. The Kier molecular flexibility index (Phi) is 4.29. The highest BCUT2D eigenvalue weighted by Gasteiger charge is 2.35. The average Bonchev–Trinajstić information content (AvgIpc) is 3.05. The van der Waals surface area contributed by atoms with Gasteiger partial charge in [-0.1, -0.05) is 30.3 Å². The molecular weight excluding hydrogens is 314 g/mol. The predicted molar refractivity (Wildman–Crippen MR) is 94.9 cm³/mol. The zero-order valence-corrected chi connectivity index (χ0v) is 14.9. The zero-order valence-electron chi connectivity index (χ0n) is 14.9. The van der Waals surface area contributed by atoms with Crippen LogP contribution in [0.25, 0.3) is 0 Å². The van der Waals surface area contributed by atoms with Gasteiger partial charge in [-0.05, 0) is 45.5 Å². The largest absolute Gasteiger partial charge is 0.329 e. The van der Waals surface area contributed by atoms with Crippen LogP contribution in [0.4, 0.5) is 0 Å². The van der Waals surface area contributed by atoms with Gasteiger partial charge >= 0.3 is 0 Å². The van der Waals surface area contributed by atoms with E-state index in [-0.39, 0.29) is 11.9 Å². The summed E-state index contributed by atoms with van der Waals surface area (Å²) in [6.07, 6.45) is 2.17. The number of hydrogen-bond acceptors (Lipinski definition) is 4. The van der Waals surface area contributed by atoms with Crippen LogP contribution >= 0.6 is 0 Å². The molecule has 4 rings (SSSR count). The molecule has 0 saturated carbocycles. The number of aromatic nitrogens is 3. The first kappa shape index (κ1) is 16.3. The molecule has 2 aliphatic rings. The van der Waals surface area contributed by atoms with Crippen LogP contribution in [0.1, 0.15) is 48.9 Å². The van der Waals surface area contributed by atoms with Gasteiger partial charge in [-0.25, -0.2) is 0 Å². The van der Waals surface area contributed by atoms with Gasteiger partial charge in [0.1, 0.15) is 11.9 Å². The van der Waals surface area contributed by atoms with Crippen molar-refractivity contribution in [3.05, 3.63) is 47.5 Å². The predicted octanol–water partition coefficient (Wildman–Crippen LogP) is 2.19. The normalized spacial score (nSPS) is 22.2. The van der Waals surface area contributed by atoms with E-state index in [2.05, 4.69) is 38.8 Å². The van der Waals surface area contributed by atoms with Crippen LogP contribution in [0.2, 0.25) is 0 Å². The maximum absolute atomic E-state index is 12.9. The van der Waals surface area contributed by atoms with Crippen LogP contribution in [0.3, 0.4) is 0 Å². The lowest BCUT2D eigenvalue weighted by Crippen LogP contribution is -2.42. The van der Waals surface area contributed by atoms with E-state index in [1.807, 2.05) is 30.0 Å². The molecule has 0 spiro atoms. The molecule has 0 N–H and O–H groups in total. The first-order valence-electron chi connectivity index (χ1n) is 9.08. The fraction of sp³-hybridized carbons (Fsp3) is 0.526. The van der Waals surface area contributed by atoms with E-state index in [0.717, 1.165) is 43.1 Å². The van der Waals surface area contributed by atoms with Crippen LogP contribution in [-0.4, -0.2) is 50.6 Å². The van der Waals surface area contributed by atoms with Gasteiger partial charge in [0, 0.05) is 12.5 Å². The molecule has 6 nitrogen and oxygen atoms in total. The third kappa shape index (κ3) is 3.06. The first-order valence-corrected chi connectivity index (χ1v) is 9.08. The minimum atomic E-state index is -0.225. The van der Waals surface area contributed by atoms with Crippen molar-refractivity contribution in [1.29, 1.82) is 0 Å². The SMILES string of the molecule is C[C@@H]1C(=O)N(Cc2ccccc2)Cc2nnc(C3CCN(C)CC3)n21. The molecule has 0 bridgehead atoms. The molecule has 0 aliphatic carbocycles. The van der Waals surface area contributed by atoms with Crippen LogP contribution in [-0.2, 0) is 17.9 Å². The number of nitrogens with zero attached hydrogens (tertiary/aromatic N) is 5. The summed E-state index contributed by atoms with van der Waals surface area (Å²) < 4.78 is 2.10. The van der Waals surface area contributed by atoms with Crippen molar-refractivity contribution in [1.82, 2.24) is 24.6 Å². The van der Waals surface area contributed by atoms with Gasteiger partial charge in [0.2, 0.25) is 5.91 Å². The number of hydrogen-bond donors (Lipinski definition) is 0. The smallest absolute Gasteiger partial charge is 0.246 e. The van der Waals surface area contributed by atoms with Gasteiger partial charge in [-0.3, -0.25) is 4.79 Å². The second-order valence-corrected chi connectivity index (χ2v) is 7.28. The van der Waals surface area contributed by atoms with E-state index >= 15 is 0 Å². The van der Waals surface area contributed by atoms with Crippen molar-refractivity contribution >= 4 is 5.91 Å². The summed E-state index contributed by atoms with van der Waals surface area (Å²) in [6, 6.07) is 9.90. The highest BCUT2D eigenvalue weighted by Crippen LogP contribution is 2.32. The van der Waals surface area contributed by atoms with E-state index in [0.29, 0.717) is 19.0 Å². The Bertz CT molecular complexity index is 748. The lowest BCUT2D eigenvalue weighted by Gasteiger charge is -2.34. The molecule has 0 radical (unpaired) electrons. The second kappa shape index (κ2) is 6.59. The number of benzene rings is 1. The molecule has 1 saturated heterocycles. The fourth-order valence-electron chi connectivity index (χ4n) is 3.97. The Morgan fingerprint density at radius 1 is 1.12 bits per heavy atom. The topological polar surface area (TPSA) is 54.3 Å². The molecule has 3 heterocycles. The van der Waals surface area contributed by atoms with Gasteiger partial charge in [0.05, 0.1) is 6.54 Å². The van der Waals surface area contributed by atoms with Gasteiger partial charge in [0.15, 0.2) is 5.82 Å². The number of rotatable bonds is 3.